The molecule has 0 spiro atoms. The number of carbonyl (C=O) groups excluding carboxylic acids is 2. The molecule has 0 saturated carbocycles. The van der Waals surface area contributed by atoms with Crippen molar-refractivity contribution < 1.29 is 14.3 Å². The van der Waals surface area contributed by atoms with E-state index in [1.165, 1.54) is 0 Å². The van der Waals surface area contributed by atoms with Gasteiger partial charge in [0.25, 0.3) is 5.91 Å². The summed E-state index contributed by atoms with van der Waals surface area (Å²) < 4.78 is 6.53. The summed E-state index contributed by atoms with van der Waals surface area (Å²) in [6, 6.07) is 14.5. The van der Waals surface area contributed by atoms with Crippen molar-refractivity contribution >= 4 is 39.1 Å². The molecule has 0 bridgehead atoms. The quantitative estimate of drug-likeness (QED) is 0.712. The lowest BCUT2D eigenvalue weighted by Crippen LogP contribution is -2.19. The maximum absolute atomic E-state index is 11.9. The number of ether oxygens (including phenoxy) is 1. The molecule has 7 heteroatoms. The molecular formula is C18H17N3O3S. The number of anilines is 1. The highest BCUT2D eigenvalue weighted by atomic mass is 32.1. The minimum absolute atomic E-state index is 0.0624. The summed E-state index contributed by atoms with van der Waals surface area (Å²) in [6.45, 7) is 0.232. The maximum Gasteiger partial charge on any atom is 0.251 e. The van der Waals surface area contributed by atoms with Crippen LogP contribution < -0.4 is 10.6 Å². The molecular weight excluding hydrogens is 338 g/mol. The van der Waals surface area contributed by atoms with Gasteiger partial charge >= 0.3 is 0 Å². The molecule has 1 aromatic heterocycles. The molecule has 2 amide bonds. The number of nitrogens with one attached hydrogen (secondary N) is 2. The molecule has 0 fully saturated rings. The zero-order valence-corrected chi connectivity index (χ0v) is 14.4. The summed E-state index contributed by atoms with van der Waals surface area (Å²) >= 11 is 1.55. The predicted molar refractivity (Wildman–Crippen MR) is 97.7 cm³/mol. The van der Waals surface area contributed by atoms with Crippen LogP contribution in [-0.2, 0) is 16.1 Å². The standard InChI is InChI=1S/C18H17N3O3S/c1-19-18(23)12-6-8-13(9-7-12)20-16(22)10-24-11-17-21-14-4-2-3-5-15(14)25-17/h2-9H,10-11H2,1H3,(H,19,23)(H,20,22). The Bertz CT molecular complexity index is 857. The zero-order chi connectivity index (χ0) is 17.6. The van der Waals surface area contributed by atoms with E-state index in [4.69, 9.17) is 4.74 Å². The average Bonchev–Trinajstić information content (AvgIpc) is 3.04. The van der Waals surface area contributed by atoms with Crippen LogP contribution in [0.5, 0.6) is 0 Å². The van der Waals surface area contributed by atoms with Gasteiger partial charge in [-0.05, 0) is 36.4 Å². The van der Waals surface area contributed by atoms with Gasteiger partial charge in [0.2, 0.25) is 5.91 Å². The van der Waals surface area contributed by atoms with E-state index < -0.39 is 0 Å². The molecule has 2 N–H and O–H groups in total. The number of nitrogens with zero attached hydrogens (tertiary/aromatic N) is 1. The van der Waals surface area contributed by atoms with Crippen LogP contribution in [0.15, 0.2) is 48.5 Å². The van der Waals surface area contributed by atoms with Gasteiger partial charge in [-0.25, -0.2) is 4.98 Å². The first-order chi connectivity index (χ1) is 12.2. The topological polar surface area (TPSA) is 80.3 Å². The van der Waals surface area contributed by atoms with Crippen molar-refractivity contribution in [3.63, 3.8) is 0 Å². The molecule has 0 atom stereocenters. The van der Waals surface area contributed by atoms with E-state index in [1.807, 2.05) is 24.3 Å². The number of fused-ring (bicyclic) bond motifs is 1. The van der Waals surface area contributed by atoms with Crippen molar-refractivity contribution in [1.82, 2.24) is 10.3 Å². The number of benzene rings is 2. The lowest BCUT2D eigenvalue weighted by Gasteiger charge is -2.06. The Kier molecular flexibility index (Phi) is 5.37. The first kappa shape index (κ1) is 17.1. The van der Waals surface area contributed by atoms with Crippen LogP contribution in [0.4, 0.5) is 5.69 Å². The summed E-state index contributed by atoms with van der Waals surface area (Å²) in [4.78, 5) is 27.8. The van der Waals surface area contributed by atoms with Crippen molar-refractivity contribution in [2.75, 3.05) is 19.0 Å². The van der Waals surface area contributed by atoms with Gasteiger partial charge in [0.15, 0.2) is 0 Å². The fraction of sp³-hybridized carbons (Fsp3) is 0.167. The molecule has 3 rings (SSSR count). The van der Waals surface area contributed by atoms with Gasteiger partial charge in [0.05, 0.1) is 16.8 Å². The zero-order valence-electron chi connectivity index (χ0n) is 13.6. The second-order valence-electron chi connectivity index (χ2n) is 5.27. The predicted octanol–water partition coefficient (Wildman–Crippen LogP) is 2.81. The Hall–Kier alpha value is -2.77. The Morgan fingerprint density at radius 1 is 1.12 bits per heavy atom. The van der Waals surface area contributed by atoms with Gasteiger partial charge in [-0.3, -0.25) is 9.59 Å². The van der Waals surface area contributed by atoms with Crippen LogP contribution in [0.1, 0.15) is 15.4 Å². The second-order valence-corrected chi connectivity index (χ2v) is 6.39. The monoisotopic (exact) mass is 355 g/mol. The lowest BCUT2D eigenvalue weighted by atomic mass is 10.2. The SMILES string of the molecule is CNC(=O)c1ccc(NC(=O)COCc2nc3ccccc3s2)cc1. The molecule has 25 heavy (non-hydrogen) atoms. The molecule has 128 valence electrons. The normalized spacial score (nSPS) is 10.6. The van der Waals surface area contributed by atoms with Gasteiger partial charge in [-0.15, -0.1) is 11.3 Å². The number of rotatable bonds is 6. The number of hydrogen-bond donors (Lipinski definition) is 2. The van der Waals surface area contributed by atoms with E-state index in [0.717, 1.165) is 15.2 Å². The number of amides is 2. The van der Waals surface area contributed by atoms with Crippen LogP contribution in [0.3, 0.4) is 0 Å². The molecule has 1 heterocycles. The second kappa shape index (κ2) is 7.87. The molecule has 6 nitrogen and oxygen atoms in total. The third-order valence-corrected chi connectivity index (χ3v) is 4.46. The number of para-hydroxylation sites is 1. The Balaban J connectivity index is 1.48. The molecule has 0 aliphatic heterocycles. The van der Waals surface area contributed by atoms with E-state index >= 15 is 0 Å². The van der Waals surface area contributed by atoms with Crippen molar-refractivity contribution in [2.45, 2.75) is 6.61 Å². The van der Waals surface area contributed by atoms with Crippen LogP contribution in [0, 0.1) is 0 Å². The van der Waals surface area contributed by atoms with E-state index in [2.05, 4.69) is 15.6 Å². The molecule has 0 unspecified atom stereocenters. The van der Waals surface area contributed by atoms with Gasteiger partial charge in [0.1, 0.15) is 11.6 Å². The average molecular weight is 355 g/mol. The van der Waals surface area contributed by atoms with Crippen molar-refractivity contribution in [2.24, 2.45) is 0 Å². The Labute approximate surface area is 148 Å². The number of thiazole rings is 1. The third-order valence-electron chi connectivity index (χ3n) is 3.45. The maximum atomic E-state index is 11.9. The van der Waals surface area contributed by atoms with Crippen molar-refractivity contribution in [3.8, 4) is 0 Å². The third kappa shape index (κ3) is 4.40. The van der Waals surface area contributed by atoms with E-state index in [9.17, 15) is 9.59 Å². The van der Waals surface area contributed by atoms with Gasteiger partial charge in [-0.1, -0.05) is 12.1 Å². The van der Waals surface area contributed by atoms with Crippen LogP contribution >= 0.6 is 11.3 Å². The molecule has 0 saturated heterocycles. The smallest absolute Gasteiger partial charge is 0.251 e. The summed E-state index contributed by atoms with van der Waals surface area (Å²) in [5.74, 6) is -0.425. The Morgan fingerprint density at radius 2 is 1.88 bits per heavy atom. The highest BCUT2D eigenvalue weighted by Crippen LogP contribution is 2.21. The number of aromatic nitrogens is 1. The van der Waals surface area contributed by atoms with E-state index in [0.29, 0.717) is 17.9 Å². The largest absolute Gasteiger partial charge is 0.364 e. The molecule has 0 aliphatic carbocycles. The molecule has 0 aliphatic rings. The fourth-order valence-corrected chi connectivity index (χ4v) is 3.16. The molecule has 2 aromatic carbocycles. The summed E-state index contributed by atoms with van der Waals surface area (Å²) in [7, 11) is 1.57. The number of carbonyl (C=O) groups is 2. The first-order valence-electron chi connectivity index (χ1n) is 7.70. The highest BCUT2D eigenvalue weighted by Gasteiger charge is 2.07. The van der Waals surface area contributed by atoms with Crippen LogP contribution in [0.2, 0.25) is 0 Å². The summed E-state index contributed by atoms with van der Waals surface area (Å²) in [5, 5.41) is 6.11. The Morgan fingerprint density at radius 3 is 2.60 bits per heavy atom. The van der Waals surface area contributed by atoms with Crippen LogP contribution in [0.25, 0.3) is 10.2 Å². The van der Waals surface area contributed by atoms with Gasteiger partial charge < -0.3 is 15.4 Å². The first-order valence-corrected chi connectivity index (χ1v) is 8.51. The molecule has 0 radical (unpaired) electrons. The lowest BCUT2D eigenvalue weighted by molar-refractivity contribution is -0.121. The summed E-state index contributed by atoms with van der Waals surface area (Å²) in [5.41, 5.74) is 2.08. The van der Waals surface area contributed by atoms with Crippen LogP contribution in [-0.4, -0.2) is 30.5 Å². The van der Waals surface area contributed by atoms with Crippen molar-refractivity contribution in [1.29, 1.82) is 0 Å². The van der Waals surface area contributed by atoms with Crippen molar-refractivity contribution in [3.05, 3.63) is 59.1 Å². The van der Waals surface area contributed by atoms with Gasteiger partial charge in [-0.2, -0.15) is 0 Å². The number of hydrogen-bond acceptors (Lipinski definition) is 5. The minimum atomic E-state index is -0.256. The van der Waals surface area contributed by atoms with E-state index in [-0.39, 0.29) is 18.4 Å². The fourth-order valence-electron chi connectivity index (χ4n) is 2.26. The van der Waals surface area contributed by atoms with Gasteiger partial charge in [0, 0.05) is 18.3 Å². The molecule has 3 aromatic rings. The summed E-state index contributed by atoms with van der Waals surface area (Å²) in [6.07, 6.45) is 0. The minimum Gasteiger partial charge on any atom is -0.364 e. The van der Waals surface area contributed by atoms with E-state index in [1.54, 1.807) is 42.6 Å². The highest BCUT2D eigenvalue weighted by molar-refractivity contribution is 7.18.